The number of nitrogens with zero attached hydrogens (tertiary/aromatic N) is 4. The van der Waals surface area contributed by atoms with Crippen LogP contribution in [0.25, 0.3) is 12.2 Å². The summed E-state index contributed by atoms with van der Waals surface area (Å²) in [5.74, 6) is -1.12. The number of benzene rings is 3. The van der Waals surface area contributed by atoms with Gasteiger partial charge in [-0.2, -0.15) is 0 Å². The lowest BCUT2D eigenvalue weighted by atomic mass is 10.0. The molecule has 0 radical (unpaired) electrons. The van der Waals surface area contributed by atoms with Gasteiger partial charge >= 0.3 is 5.97 Å². The van der Waals surface area contributed by atoms with Crippen molar-refractivity contribution in [3.8, 4) is 11.5 Å². The smallest absolute Gasteiger partial charge is 0.328 e. The quantitative estimate of drug-likeness (QED) is 0.254. The van der Waals surface area contributed by atoms with Crippen LogP contribution in [0.1, 0.15) is 16.7 Å². The van der Waals surface area contributed by atoms with E-state index in [2.05, 4.69) is 4.90 Å². The molecule has 3 aromatic rings. The summed E-state index contributed by atoms with van der Waals surface area (Å²) in [6.45, 7) is 2.70. The summed E-state index contributed by atoms with van der Waals surface area (Å²) in [6, 6.07) is 11.6. The molecule has 0 saturated carbocycles. The van der Waals surface area contributed by atoms with Crippen molar-refractivity contribution in [2.75, 3.05) is 68.7 Å². The molecule has 3 aromatic carbocycles. The zero-order valence-corrected chi connectivity index (χ0v) is 34.6. The third-order valence-corrected chi connectivity index (χ3v) is 13.1. The largest absolute Gasteiger partial charge is 0.495 e. The predicted octanol–water partition coefficient (Wildman–Crippen LogP) is 4.56. The molecule has 304 valence electrons. The number of morpholine rings is 1. The molecule has 5 rings (SSSR count). The Hall–Kier alpha value is -4.07. The topological polar surface area (TPSA) is 163 Å². The van der Waals surface area contributed by atoms with E-state index in [1.807, 2.05) is 4.90 Å². The van der Waals surface area contributed by atoms with E-state index in [1.165, 1.54) is 97.0 Å². The average Bonchev–Trinajstić information content (AvgIpc) is 3.14. The van der Waals surface area contributed by atoms with Gasteiger partial charge in [0.1, 0.15) is 17.3 Å². The molecule has 2 aliphatic rings. The lowest BCUT2D eigenvalue weighted by Crippen LogP contribution is -2.65. The zero-order chi connectivity index (χ0) is 41.5. The van der Waals surface area contributed by atoms with Crippen LogP contribution in [-0.4, -0.2) is 133 Å². The highest BCUT2D eigenvalue weighted by Crippen LogP contribution is 2.34. The number of carboxylic acids is 1. The van der Waals surface area contributed by atoms with Crippen molar-refractivity contribution in [3.63, 3.8) is 0 Å². The number of fused-ring (bicyclic) bond motifs is 2. The van der Waals surface area contributed by atoms with E-state index >= 15 is 0 Å². The summed E-state index contributed by atoms with van der Waals surface area (Å²) in [5.41, 5.74) is 1.48. The van der Waals surface area contributed by atoms with E-state index in [-0.39, 0.29) is 55.0 Å². The standard InChI is InChI=1S/C25H29ClFN3O5S.C12H14ClNO5S/c1-28(2)36(32,33)24-11-22(26)23(34-3)10-18(24)6-9-25(31)30-20-13-29(14-21(30)16-35-15-20)12-17-4-7-19(27)8-5-17;1-14(2)20(17,18)11-7-9(13)10(19-3)6-8(11)4-5-12(15)16/h4-11,20-21H,12-16H2,1-3H3;4-7H,1-3H3,(H,15,16)/b9-6+;5-4+. The maximum Gasteiger partial charge on any atom is 0.328 e. The minimum Gasteiger partial charge on any atom is -0.495 e. The summed E-state index contributed by atoms with van der Waals surface area (Å²) in [7, 11) is 0.854. The molecule has 0 spiro atoms. The normalized spacial score (nSPS) is 17.7. The molecule has 2 saturated heterocycles. The number of hydrogen-bond donors (Lipinski definition) is 1. The van der Waals surface area contributed by atoms with Crippen LogP contribution in [0.5, 0.6) is 11.5 Å². The van der Waals surface area contributed by atoms with Crippen LogP contribution < -0.4 is 9.47 Å². The zero-order valence-electron chi connectivity index (χ0n) is 31.5. The number of carboxylic acid groups (broad SMARTS) is 1. The molecule has 0 aromatic heterocycles. The summed E-state index contributed by atoms with van der Waals surface area (Å²) in [4.78, 5) is 27.8. The van der Waals surface area contributed by atoms with Crippen LogP contribution in [-0.2, 0) is 40.9 Å². The highest BCUT2D eigenvalue weighted by molar-refractivity contribution is 7.89. The Bertz CT molecular complexity index is 2190. The van der Waals surface area contributed by atoms with Crippen molar-refractivity contribution in [3.05, 3.63) is 93.2 Å². The first kappa shape index (κ1) is 44.6. The fourth-order valence-electron chi connectivity index (χ4n) is 6.01. The minimum absolute atomic E-state index is 0.0185. The maximum absolute atomic E-state index is 13.3. The molecule has 2 atom stereocenters. The Labute approximate surface area is 336 Å². The number of carbonyl (C=O) groups excluding carboxylic acids is 1. The third-order valence-electron chi connectivity index (χ3n) is 8.82. The predicted molar refractivity (Wildman–Crippen MR) is 210 cm³/mol. The number of amides is 1. The van der Waals surface area contributed by atoms with Gasteiger partial charge in [-0.05, 0) is 65.2 Å². The number of carbonyl (C=O) groups is 2. The monoisotopic (exact) mass is 856 g/mol. The van der Waals surface area contributed by atoms with E-state index in [0.29, 0.717) is 44.2 Å². The van der Waals surface area contributed by atoms with Gasteiger partial charge in [-0.1, -0.05) is 35.3 Å². The van der Waals surface area contributed by atoms with Gasteiger partial charge in [0.15, 0.2) is 0 Å². The van der Waals surface area contributed by atoms with Crippen molar-refractivity contribution >= 4 is 67.3 Å². The second-order valence-electron chi connectivity index (χ2n) is 13.0. The molecule has 19 heteroatoms. The first-order chi connectivity index (χ1) is 26.3. The molecule has 2 aliphatic heterocycles. The van der Waals surface area contributed by atoms with Crippen molar-refractivity contribution in [2.45, 2.75) is 28.4 Å². The molecule has 2 bridgehead atoms. The third kappa shape index (κ3) is 10.7. The Morgan fingerprint density at radius 3 is 1.68 bits per heavy atom. The molecule has 2 unspecified atom stereocenters. The lowest BCUT2D eigenvalue weighted by molar-refractivity contribution is -0.150. The van der Waals surface area contributed by atoms with Crippen LogP contribution in [0.3, 0.4) is 0 Å². The number of hydrogen-bond acceptors (Lipinski definition) is 10. The molecule has 0 aliphatic carbocycles. The van der Waals surface area contributed by atoms with E-state index in [0.717, 1.165) is 20.2 Å². The Balaban J connectivity index is 0.000000296. The second kappa shape index (κ2) is 18.9. The number of halogens is 3. The van der Waals surface area contributed by atoms with Gasteiger partial charge in [0.25, 0.3) is 0 Å². The van der Waals surface area contributed by atoms with Crippen molar-refractivity contribution in [1.82, 2.24) is 18.4 Å². The van der Waals surface area contributed by atoms with Gasteiger partial charge in [0, 0.05) is 60.0 Å². The number of piperazine rings is 1. The highest BCUT2D eigenvalue weighted by Gasteiger charge is 2.40. The summed E-state index contributed by atoms with van der Waals surface area (Å²) in [5, 5.41) is 8.94. The Kier molecular flexibility index (Phi) is 15.1. The van der Waals surface area contributed by atoms with Crippen molar-refractivity contribution in [1.29, 1.82) is 0 Å². The number of aliphatic carboxylic acids is 1. The SMILES string of the molecule is COc1cc(/C=C/C(=O)N2C3COCC2CN(Cc2ccc(F)cc2)C3)c(S(=O)(=O)N(C)C)cc1Cl.COc1cc(/C=C/C(=O)O)c(S(=O)(=O)N(C)C)cc1Cl. The molecule has 14 nitrogen and oxygen atoms in total. The molecular formula is C37H43Cl2FN4O10S2. The van der Waals surface area contributed by atoms with E-state index in [1.54, 1.807) is 12.1 Å². The van der Waals surface area contributed by atoms with Gasteiger partial charge in [0.05, 0.1) is 59.4 Å². The second-order valence-corrected chi connectivity index (χ2v) is 18.1. The Morgan fingerprint density at radius 2 is 1.27 bits per heavy atom. The number of rotatable bonds is 12. The summed E-state index contributed by atoms with van der Waals surface area (Å²) < 4.78 is 81.5. The van der Waals surface area contributed by atoms with Crippen molar-refractivity contribution < 1.29 is 50.1 Å². The van der Waals surface area contributed by atoms with E-state index in [4.69, 9.17) is 42.5 Å². The molecule has 56 heavy (non-hydrogen) atoms. The van der Waals surface area contributed by atoms with Gasteiger partial charge in [-0.3, -0.25) is 9.69 Å². The van der Waals surface area contributed by atoms with Crippen molar-refractivity contribution in [2.24, 2.45) is 0 Å². The van der Waals surface area contributed by atoms with Crippen LogP contribution >= 0.6 is 23.2 Å². The number of methoxy groups -OCH3 is 2. The number of ether oxygens (including phenoxy) is 3. The number of sulfonamides is 2. The van der Waals surface area contributed by atoms with Crippen LogP contribution in [0.15, 0.2) is 70.5 Å². The van der Waals surface area contributed by atoms with Crippen LogP contribution in [0.4, 0.5) is 4.39 Å². The fraction of sp³-hybridized carbons (Fsp3) is 0.351. The summed E-state index contributed by atoms with van der Waals surface area (Å²) >= 11 is 12.1. The lowest BCUT2D eigenvalue weighted by Gasteiger charge is -2.49. The van der Waals surface area contributed by atoms with Gasteiger partial charge in [-0.15, -0.1) is 0 Å². The van der Waals surface area contributed by atoms with Crippen LogP contribution in [0.2, 0.25) is 10.0 Å². The molecular weight excluding hydrogens is 814 g/mol. The minimum atomic E-state index is -3.82. The first-order valence-electron chi connectivity index (χ1n) is 16.9. The van der Waals surface area contributed by atoms with Gasteiger partial charge < -0.3 is 24.2 Å². The maximum atomic E-state index is 13.3. The fourth-order valence-corrected chi connectivity index (χ4v) is 8.79. The molecule has 2 fully saturated rings. The van der Waals surface area contributed by atoms with E-state index in [9.17, 15) is 30.8 Å². The molecule has 2 heterocycles. The highest BCUT2D eigenvalue weighted by atomic mass is 35.5. The van der Waals surface area contributed by atoms with Gasteiger partial charge in [-0.25, -0.2) is 34.6 Å². The average molecular weight is 858 g/mol. The Morgan fingerprint density at radius 1 is 0.821 bits per heavy atom. The van der Waals surface area contributed by atoms with E-state index < -0.39 is 26.0 Å². The first-order valence-corrected chi connectivity index (χ1v) is 20.5. The summed E-state index contributed by atoms with van der Waals surface area (Å²) in [6.07, 6.45) is 4.90. The molecule has 1 amide bonds. The van der Waals surface area contributed by atoms with Gasteiger partial charge in [0.2, 0.25) is 26.0 Å². The van der Waals surface area contributed by atoms with Crippen LogP contribution in [0, 0.1) is 5.82 Å². The molecule has 1 N–H and O–H groups in total.